The molecule has 2 nitrogen and oxygen atoms in total. The molecular weight excluding hydrogens is 336 g/mol. The quantitative estimate of drug-likeness (QED) is 0.565. The van der Waals surface area contributed by atoms with Crippen molar-refractivity contribution in [2.75, 3.05) is 0 Å². The Kier molecular flexibility index (Phi) is 2.41. The maximum Gasteiger partial charge on any atom is 0.171 e. The van der Waals surface area contributed by atoms with Crippen molar-refractivity contribution in [1.29, 1.82) is 0 Å². The smallest absolute Gasteiger partial charge is 0.171 e. The van der Waals surface area contributed by atoms with Gasteiger partial charge < -0.3 is 9.47 Å². The predicted molar refractivity (Wildman–Crippen MR) is 68.4 cm³/mol. The fraction of sp³-hybridized carbons (Fsp3) is 0. The van der Waals surface area contributed by atoms with Crippen molar-refractivity contribution >= 4 is 31.9 Å². The van der Waals surface area contributed by atoms with Crippen molar-refractivity contribution in [3.05, 3.63) is 45.3 Å². The summed E-state index contributed by atoms with van der Waals surface area (Å²) >= 11 is 6.86. The molecular formula is C12H6Br2O2. The Morgan fingerprint density at radius 3 is 1.56 bits per heavy atom. The molecule has 0 unspecified atom stereocenters. The van der Waals surface area contributed by atoms with E-state index in [4.69, 9.17) is 9.47 Å². The number of benzene rings is 2. The van der Waals surface area contributed by atoms with Gasteiger partial charge in [0.1, 0.15) is 0 Å². The zero-order valence-electron chi connectivity index (χ0n) is 8.04. The minimum absolute atomic E-state index is 0.716. The summed E-state index contributed by atoms with van der Waals surface area (Å²) in [4.78, 5) is 0. The van der Waals surface area contributed by atoms with Gasteiger partial charge in [-0.2, -0.15) is 0 Å². The maximum atomic E-state index is 5.74. The van der Waals surface area contributed by atoms with Crippen LogP contribution in [-0.2, 0) is 0 Å². The Morgan fingerprint density at radius 2 is 1.12 bits per heavy atom. The van der Waals surface area contributed by atoms with Crippen LogP contribution in [0.25, 0.3) is 0 Å². The molecule has 1 aliphatic heterocycles. The Hall–Kier alpha value is -1.00. The molecule has 0 spiro atoms. The van der Waals surface area contributed by atoms with Gasteiger partial charge >= 0.3 is 0 Å². The summed E-state index contributed by atoms with van der Waals surface area (Å²) in [5.41, 5.74) is 0. The zero-order chi connectivity index (χ0) is 11.1. The monoisotopic (exact) mass is 340 g/mol. The van der Waals surface area contributed by atoms with Gasteiger partial charge in [-0.3, -0.25) is 0 Å². The zero-order valence-corrected chi connectivity index (χ0v) is 11.2. The molecule has 0 N–H and O–H groups in total. The van der Waals surface area contributed by atoms with E-state index < -0.39 is 0 Å². The predicted octanol–water partition coefficient (Wildman–Crippen LogP) is 5.11. The molecule has 2 aromatic carbocycles. The number of halogens is 2. The molecule has 80 valence electrons. The average Bonchev–Trinajstić information content (AvgIpc) is 2.28. The van der Waals surface area contributed by atoms with E-state index in [1.54, 1.807) is 0 Å². The standard InChI is InChI=1S/C12H6Br2O2/c13-7-5-11-12(6-8(7)14)16-10-4-2-1-3-9(10)15-11/h1-6H. The van der Waals surface area contributed by atoms with Crippen LogP contribution in [0.1, 0.15) is 0 Å². The van der Waals surface area contributed by atoms with Gasteiger partial charge in [-0.25, -0.2) is 0 Å². The highest BCUT2D eigenvalue weighted by Gasteiger charge is 2.19. The minimum atomic E-state index is 0.716. The van der Waals surface area contributed by atoms with Gasteiger partial charge in [0.2, 0.25) is 0 Å². The number of fused-ring (bicyclic) bond motifs is 2. The first-order valence-corrected chi connectivity index (χ1v) is 6.26. The summed E-state index contributed by atoms with van der Waals surface area (Å²) in [6.07, 6.45) is 0. The van der Waals surface area contributed by atoms with Crippen molar-refractivity contribution in [2.24, 2.45) is 0 Å². The summed E-state index contributed by atoms with van der Waals surface area (Å²) in [5.74, 6) is 2.91. The van der Waals surface area contributed by atoms with Crippen molar-refractivity contribution in [2.45, 2.75) is 0 Å². The number of para-hydroxylation sites is 2. The van der Waals surface area contributed by atoms with Crippen molar-refractivity contribution < 1.29 is 9.47 Å². The molecule has 2 aromatic rings. The topological polar surface area (TPSA) is 18.5 Å². The number of hydrogen-bond acceptors (Lipinski definition) is 2. The molecule has 3 rings (SSSR count). The van der Waals surface area contributed by atoms with Gasteiger partial charge in [0.15, 0.2) is 23.0 Å². The maximum absolute atomic E-state index is 5.74. The van der Waals surface area contributed by atoms with E-state index in [0.717, 1.165) is 20.4 Å². The molecule has 1 heterocycles. The number of ether oxygens (including phenoxy) is 2. The Bertz CT molecular complexity index is 517. The van der Waals surface area contributed by atoms with Crippen molar-refractivity contribution in [3.8, 4) is 23.0 Å². The summed E-state index contributed by atoms with van der Waals surface area (Å²) in [6, 6.07) is 11.4. The van der Waals surface area contributed by atoms with Crippen LogP contribution in [0.3, 0.4) is 0 Å². The second-order valence-corrected chi connectivity index (χ2v) is 5.07. The van der Waals surface area contributed by atoms with Crippen LogP contribution in [-0.4, -0.2) is 0 Å². The van der Waals surface area contributed by atoms with Gasteiger partial charge in [0.25, 0.3) is 0 Å². The molecule has 0 bridgehead atoms. The van der Waals surface area contributed by atoms with E-state index in [-0.39, 0.29) is 0 Å². The molecule has 16 heavy (non-hydrogen) atoms. The number of hydrogen-bond donors (Lipinski definition) is 0. The first-order chi connectivity index (χ1) is 7.74. The Labute approximate surface area is 109 Å². The van der Waals surface area contributed by atoms with Gasteiger partial charge in [-0.05, 0) is 44.0 Å². The van der Waals surface area contributed by atoms with E-state index in [1.807, 2.05) is 36.4 Å². The Balaban J connectivity index is 2.12. The number of rotatable bonds is 0. The van der Waals surface area contributed by atoms with E-state index in [9.17, 15) is 0 Å². The van der Waals surface area contributed by atoms with Crippen molar-refractivity contribution in [3.63, 3.8) is 0 Å². The first-order valence-electron chi connectivity index (χ1n) is 4.68. The van der Waals surface area contributed by atoms with Gasteiger partial charge in [-0.15, -0.1) is 0 Å². The van der Waals surface area contributed by atoms with Crippen LogP contribution in [0.4, 0.5) is 0 Å². The lowest BCUT2D eigenvalue weighted by molar-refractivity contribution is 0.359. The summed E-state index contributed by atoms with van der Waals surface area (Å²) in [7, 11) is 0. The molecule has 0 fully saturated rings. The van der Waals surface area contributed by atoms with Crippen LogP contribution in [0, 0.1) is 0 Å². The molecule has 0 atom stereocenters. The molecule has 0 radical (unpaired) electrons. The highest BCUT2D eigenvalue weighted by atomic mass is 79.9. The Morgan fingerprint density at radius 1 is 0.688 bits per heavy atom. The van der Waals surface area contributed by atoms with Crippen LogP contribution in [0.2, 0.25) is 0 Å². The first kappa shape index (κ1) is 10.2. The van der Waals surface area contributed by atoms with Crippen molar-refractivity contribution in [1.82, 2.24) is 0 Å². The highest BCUT2D eigenvalue weighted by Crippen LogP contribution is 2.47. The van der Waals surface area contributed by atoms with Crippen LogP contribution < -0.4 is 9.47 Å². The van der Waals surface area contributed by atoms with Gasteiger partial charge in [-0.1, -0.05) is 12.1 Å². The van der Waals surface area contributed by atoms with E-state index in [1.165, 1.54) is 0 Å². The summed E-state index contributed by atoms with van der Waals surface area (Å²) in [6.45, 7) is 0. The second-order valence-electron chi connectivity index (χ2n) is 3.36. The molecule has 0 aromatic heterocycles. The van der Waals surface area contributed by atoms with E-state index >= 15 is 0 Å². The fourth-order valence-corrected chi connectivity index (χ4v) is 2.17. The average molecular weight is 342 g/mol. The van der Waals surface area contributed by atoms with Gasteiger partial charge in [0.05, 0.1) is 0 Å². The SMILES string of the molecule is Brc1cc2c(cc1Br)Oc1ccccc1O2. The minimum Gasteiger partial charge on any atom is -0.449 e. The summed E-state index contributed by atoms with van der Waals surface area (Å²) in [5, 5.41) is 0. The van der Waals surface area contributed by atoms with Crippen LogP contribution >= 0.6 is 31.9 Å². The van der Waals surface area contributed by atoms with Crippen LogP contribution in [0.15, 0.2) is 45.3 Å². The van der Waals surface area contributed by atoms with Crippen LogP contribution in [0.5, 0.6) is 23.0 Å². The second kappa shape index (κ2) is 3.79. The molecule has 1 aliphatic rings. The normalized spacial score (nSPS) is 12.1. The lowest BCUT2D eigenvalue weighted by Crippen LogP contribution is -1.98. The van der Waals surface area contributed by atoms with Gasteiger partial charge in [0, 0.05) is 21.1 Å². The third kappa shape index (κ3) is 1.62. The lowest BCUT2D eigenvalue weighted by atomic mass is 10.2. The molecule has 0 saturated carbocycles. The fourth-order valence-electron chi connectivity index (χ4n) is 1.53. The molecule has 0 saturated heterocycles. The van der Waals surface area contributed by atoms with E-state index in [2.05, 4.69) is 31.9 Å². The molecule has 0 aliphatic carbocycles. The lowest BCUT2D eigenvalue weighted by Gasteiger charge is -2.20. The third-order valence-corrected chi connectivity index (χ3v) is 4.12. The highest BCUT2D eigenvalue weighted by molar-refractivity contribution is 9.13. The molecule has 4 heteroatoms. The summed E-state index contributed by atoms with van der Waals surface area (Å²) < 4.78 is 13.4. The third-order valence-electron chi connectivity index (χ3n) is 2.28. The molecule has 0 amide bonds. The van der Waals surface area contributed by atoms with E-state index in [0.29, 0.717) is 11.5 Å². The largest absolute Gasteiger partial charge is 0.449 e.